The average molecular weight is 278 g/mol. The van der Waals surface area contributed by atoms with E-state index in [4.69, 9.17) is 10.5 Å². The fourth-order valence-corrected chi connectivity index (χ4v) is 2.60. The minimum atomic E-state index is -0.542. The van der Waals surface area contributed by atoms with E-state index in [1.165, 1.54) is 0 Å². The second kappa shape index (κ2) is 5.92. The predicted molar refractivity (Wildman–Crippen MR) is 83.3 cm³/mol. The van der Waals surface area contributed by atoms with Crippen molar-refractivity contribution in [3.63, 3.8) is 0 Å². The molecule has 4 heteroatoms. The van der Waals surface area contributed by atoms with Gasteiger partial charge in [0.25, 0.3) is 0 Å². The summed E-state index contributed by atoms with van der Waals surface area (Å²) in [5.74, 6) is 0.744. The maximum absolute atomic E-state index is 10.2. The Bertz CT molecular complexity index is 458. The van der Waals surface area contributed by atoms with Gasteiger partial charge in [0.2, 0.25) is 0 Å². The van der Waals surface area contributed by atoms with Crippen LogP contribution in [0.15, 0.2) is 18.2 Å². The third-order valence-electron chi connectivity index (χ3n) is 3.79. The van der Waals surface area contributed by atoms with E-state index in [0.29, 0.717) is 5.69 Å². The molecule has 1 aliphatic rings. The van der Waals surface area contributed by atoms with E-state index in [0.717, 1.165) is 43.8 Å². The third kappa shape index (κ3) is 3.79. The number of benzene rings is 1. The van der Waals surface area contributed by atoms with Crippen molar-refractivity contribution in [3.05, 3.63) is 18.2 Å². The molecule has 0 aliphatic carbocycles. The lowest BCUT2D eigenvalue weighted by atomic mass is 9.98. The quantitative estimate of drug-likeness (QED) is 0.835. The summed E-state index contributed by atoms with van der Waals surface area (Å²) in [6.07, 6.45) is 2.75. The molecule has 1 aromatic carbocycles. The summed E-state index contributed by atoms with van der Waals surface area (Å²) in [4.78, 5) is 2.30. The lowest BCUT2D eigenvalue weighted by Gasteiger charge is -2.25. The first-order chi connectivity index (χ1) is 9.37. The van der Waals surface area contributed by atoms with Gasteiger partial charge in [0.1, 0.15) is 5.75 Å². The summed E-state index contributed by atoms with van der Waals surface area (Å²) in [6.45, 7) is 7.73. The first-order valence-corrected chi connectivity index (χ1v) is 7.41. The van der Waals surface area contributed by atoms with Crippen molar-refractivity contribution in [2.24, 2.45) is 0 Å². The zero-order chi connectivity index (χ0) is 14.8. The van der Waals surface area contributed by atoms with Gasteiger partial charge in [-0.05, 0) is 52.2 Å². The van der Waals surface area contributed by atoms with Crippen molar-refractivity contribution >= 4 is 11.4 Å². The minimum Gasteiger partial charge on any atom is -0.489 e. The predicted octanol–water partition coefficient (Wildman–Crippen LogP) is 2.80. The molecule has 1 fully saturated rings. The third-order valence-corrected chi connectivity index (χ3v) is 3.79. The largest absolute Gasteiger partial charge is 0.489 e. The molecular formula is C16H26N2O2. The van der Waals surface area contributed by atoms with Gasteiger partial charge in [-0.15, -0.1) is 0 Å². The molecule has 20 heavy (non-hydrogen) atoms. The highest BCUT2D eigenvalue weighted by Crippen LogP contribution is 2.31. The highest BCUT2D eigenvalue weighted by molar-refractivity contribution is 5.62. The molecular weight excluding hydrogens is 252 g/mol. The Labute approximate surface area is 121 Å². The number of nitrogens with zero attached hydrogens (tertiary/aromatic N) is 1. The molecule has 0 bridgehead atoms. The van der Waals surface area contributed by atoms with Crippen LogP contribution in [0, 0.1) is 0 Å². The molecule has 1 atom stereocenters. The van der Waals surface area contributed by atoms with Crippen molar-refractivity contribution in [2.45, 2.75) is 51.7 Å². The number of hydrogen-bond donors (Lipinski definition) is 2. The van der Waals surface area contributed by atoms with Crippen molar-refractivity contribution in [2.75, 3.05) is 23.7 Å². The highest BCUT2D eigenvalue weighted by atomic mass is 16.5. The van der Waals surface area contributed by atoms with Gasteiger partial charge in [0, 0.05) is 24.8 Å². The Morgan fingerprint density at radius 1 is 1.30 bits per heavy atom. The van der Waals surface area contributed by atoms with Gasteiger partial charge in [-0.3, -0.25) is 0 Å². The minimum absolute atomic E-state index is 0.109. The molecule has 1 saturated heterocycles. The van der Waals surface area contributed by atoms with Crippen LogP contribution in [-0.4, -0.2) is 29.9 Å². The van der Waals surface area contributed by atoms with Crippen LogP contribution < -0.4 is 15.4 Å². The van der Waals surface area contributed by atoms with Crippen LogP contribution in [-0.2, 0) is 0 Å². The van der Waals surface area contributed by atoms with Gasteiger partial charge >= 0.3 is 0 Å². The van der Waals surface area contributed by atoms with Crippen molar-refractivity contribution in [1.29, 1.82) is 0 Å². The molecule has 0 saturated carbocycles. The molecule has 3 N–H and O–H groups in total. The summed E-state index contributed by atoms with van der Waals surface area (Å²) >= 11 is 0. The summed E-state index contributed by atoms with van der Waals surface area (Å²) in [5.41, 5.74) is 7.20. The Morgan fingerprint density at radius 3 is 2.75 bits per heavy atom. The van der Waals surface area contributed by atoms with Crippen LogP contribution in [0.25, 0.3) is 0 Å². The topological polar surface area (TPSA) is 58.7 Å². The van der Waals surface area contributed by atoms with E-state index in [1.807, 2.05) is 39.0 Å². The van der Waals surface area contributed by atoms with Crippen LogP contribution >= 0.6 is 0 Å². The monoisotopic (exact) mass is 278 g/mol. The summed E-state index contributed by atoms with van der Waals surface area (Å²) < 4.78 is 5.75. The second-order valence-corrected chi connectivity index (χ2v) is 6.23. The lowest BCUT2D eigenvalue weighted by Crippen LogP contribution is -2.28. The molecule has 0 radical (unpaired) electrons. The van der Waals surface area contributed by atoms with E-state index >= 15 is 0 Å². The molecule has 112 valence electrons. The molecule has 0 aromatic heterocycles. The standard InChI is InChI=1S/C16H26N2O2/c1-12(2)20-15-11-13(5-6-14(15)17)18-9-4-7-16(3,19)8-10-18/h5-6,11-12,19H,4,7-10,17H2,1-3H3. The van der Waals surface area contributed by atoms with Crippen LogP contribution in [0.1, 0.15) is 40.0 Å². The molecule has 0 amide bonds. The van der Waals surface area contributed by atoms with Crippen molar-refractivity contribution in [3.8, 4) is 5.75 Å². The Hall–Kier alpha value is -1.42. The molecule has 1 unspecified atom stereocenters. The Kier molecular flexibility index (Phi) is 4.43. The summed E-state index contributed by atoms with van der Waals surface area (Å²) in [6, 6.07) is 5.94. The summed E-state index contributed by atoms with van der Waals surface area (Å²) in [7, 11) is 0. The number of anilines is 2. The highest BCUT2D eigenvalue weighted by Gasteiger charge is 2.25. The fourth-order valence-electron chi connectivity index (χ4n) is 2.60. The molecule has 1 heterocycles. The molecule has 1 aliphatic heterocycles. The van der Waals surface area contributed by atoms with Gasteiger partial charge in [0.05, 0.1) is 17.4 Å². The van der Waals surface area contributed by atoms with Gasteiger partial charge in [0.15, 0.2) is 0 Å². The van der Waals surface area contributed by atoms with E-state index in [1.54, 1.807) is 0 Å². The molecule has 2 rings (SSSR count). The Morgan fingerprint density at radius 2 is 2.05 bits per heavy atom. The van der Waals surface area contributed by atoms with Gasteiger partial charge in [-0.1, -0.05) is 0 Å². The van der Waals surface area contributed by atoms with Crippen LogP contribution in [0.5, 0.6) is 5.75 Å². The van der Waals surface area contributed by atoms with E-state index in [2.05, 4.69) is 4.90 Å². The van der Waals surface area contributed by atoms with Crippen LogP contribution in [0.4, 0.5) is 11.4 Å². The maximum atomic E-state index is 10.2. The van der Waals surface area contributed by atoms with E-state index in [9.17, 15) is 5.11 Å². The first-order valence-electron chi connectivity index (χ1n) is 7.41. The first kappa shape index (κ1) is 15.0. The number of aliphatic hydroxyl groups is 1. The van der Waals surface area contributed by atoms with Crippen molar-refractivity contribution < 1.29 is 9.84 Å². The average Bonchev–Trinajstić information content (AvgIpc) is 2.53. The van der Waals surface area contributed by atoms with Crippen LogP contribution in [0.2, 0.25) is 0 Å². The molecule has 4 nitrogen and oxygen atoms in total. The number of hydrogen-bond acceptors (Lipinski definition) is 4. The van der Waals surface area contributed by atoms with E-state index in [-0.39, 0.29) is 6.10 Å². The lowest BCUT2D eigenvalue weighted by molar-refractivity contribution is 0.0481. The second-order valence-electron chi connectivity index (χ2n) is 6.23. The van der Waals surface area contributed by atoms with Gasteiger partial charge in [-0.2, -0.15) is 0 Å². The fraction of sp³-hybridized carbons (Fsp3) is 0.625. The maximum Gasteiger partial charge on any atom is 0.144 e. The van der Waals surface area contributed by atoms with Crippen molar-refractivity contribution in [1.82, 2.24) is 0 Å². The summed E-state index contributed by atoms with van der Waals surface area (Å²) in [5, 5.41) is 10.2. The van der Waals surface area contributed by atoms with Crippen LogP contribution in [0.3, 0.4) is 0 Å². The van der Waals surface area contributed by atoms with Gasteiger partial charge < -0.3 is 20.5 Å². The van der Waals surface area contributed by atoms with E-state index < -0.39 is 5.60 Å². The van der Waals surface area contributed by atoms with Gasteiger partial charge in [-0.25, -0.2) is 0 Å². The zero-order valence-corrected chi connectivity index (χ0v) is 12.7. The molecule has 1 aromatic rings. The number of rotatable bonds is 3. The number of ether oxygens (including phenoxy) is 1. The number of nitrogen functional groups attached to an aromatic ring is 1. The smallest absolute Gasteiger partial charge is 0.144 e. The molecule has 0 spiro atoms. The SMILES string of the molecule is CC(C)Oc1cc(N2CCCC(C)(O)CC2)ccc1N. The Balaban J connectivity index is 2.16. The number of nitrogens with two attached hydrogens (primary N) is 1. The zero-order valence-electron chi connectivity index (χ0n) is 12.7. The normalized spacial score (nSPS) is 23.8.